The number of methoxy groups -OCH3 is 2. The van der Waals surface area contributed by atoms with Crippen LogP contribution >= 0.6 is 0 Å². The standard InChI is InChI=1S/C14H16N4O3/c1-20-11-5-10(6-12(7-11)21-2)8-17-18-14(19)13-9-15-3-4-16-13/h3-7,9,17H,8H2,1-2H3,(H,18,19). The van der Waals surface area contributed by atoms with Gasteiger partial charge in [0, 0.05) is 25.0 Å². The molecule has 0 aliphatic carbocycles. The number of nitrogens with zero attached hydrogens (tertiary/aromatic N) is 2. The molecule has 0 atom stereocenters. The largest absolute Gasteiger partial charge is 0.497 e. The van der Waals surface area contributed by atoms with Crippen LogP contribution < -0.4 is 20.3 Å². The van der Waals surface area contributed by atoms with E-state index < -0.39 is 0 Å². The highest BCUT2D eigenvalue weighted by atomic mass is 16.5. The van der Waals surface area contributed by atoms with Crippen LogP contribution in [0.15, 0.2) is 36.8 Å². The third-order valence-electron chi connectivity index (χ3n) is 2.70. The SMILES string of the molecule is COc1cc(CNNC(=O)c2cnccn2)cc(OC)c1. The molecule has 0 unspecified atom stereocenters. The summed E-state index contributed by atoms with van der Waals surface area (Å²) in [6.45, 7) is 0.416. The number of hydrogen-bond acceptors (Lipinski definition) is 6. The van der Waals surface area contributed by atoms with Gasteiger partial charge in [-0.3, -0.25) is 15.2 Å². The minimum atomic E-state index is -0.349. The number of hydrazine groups is 1. The highest BCUT2D eigenvalue weighted by molar-refractivity contribution is 5.91. The van der Waals surface area contributed by atoms with E-state index in [-0.39, 0.29) is 11.6 Å². The third-order valence-corrected chi connectivity index (χ3v) is 2.70. The van der Waals surface area contributed by atoms with Gasteiger partial charge < -0.3 is 9.47 Å². The summed E-state index contributed by atoms with van der Waals surface area (Å²) in [5.74, 6) is 1.02. The van der Waals surface area contributed by atoms with Gasteiger partial charge in [0.15, 0.2) is 0 Å². The Kier molecular flexibility index (Phi) is 5.05. The number of carbonyl (C=O) groups is 1. The van der Waals surface area contributed by atoms with Crippen LogP contribution in [0.25, 0.3) is 0 Å². The maximum absolute atomic E-state index is 11.8. The lowest BCUT2D eigenvalue weighted by Gasteiger charge is -2.10. The average Bonchev–Trinajstić information content (AvgIpc) is 2.55. The molecule has 7 heteroatoms. The molecule has 2 rings (SSSR count). The lowest BCUT2D eigenvalue weighted by molar-refractivity contribution is 0.0926. The average molecular weight is 288 g/mol. The first-order valence-electron chi connectivity index (χ1n) is 6.24. The van der Waals surface area contributed by atoms with Crippen molar-refractivity contribution in [3.05, 3.63) is 48.0 Å². The molecule has 0 saturated carbocycles. The Bertz CT molecular complexity index is 582. The second-order valence-electron chi connectivity index (χ2n) is 4.12. The van der Waals surface area contributed by atoms with Crippen LogP contribution in [0.3, 0.4) is 0 Å². The molecule has 2 N–H and O–H groups in total. The Morgan fingerprint density at radius 3 is 2.43 bits per heavy atom. The first-order valence-corrected chi connectivity index (χ1v) is 6.24. The number of benzene rings is 1. The first-order chi connectivity index (χ1) is 10.2. The Labute approximate surface area is 122 Å². The van der Waals surface area contributed by atoms with Crippen LogP contribution in [0, 0.1) is 0 Å². The second-order valence-corrected chi connectivity index (χ2v) is 4.12. The van der Waals surface area contributed by atoms with Crippen LogP contribution in [-0.4, -0.2) is 30.1 Å². The van der Waals surface area contributed by atoms with Gasteiger partial charge in [-0.15, -0.1) is 0 Å². The van der Waals surface area contributed by atoms with Crippen molar-refractivity contribution < 1.29 is 14.3 Å². The third kappa shape index (κ3) is 4.15. The Hall–Kier alpha value is -2.67. The number of rotatable bonds is 6. The monoisotopic (exact) mass is 288 g/mol. The van der Waals surface area contributed by atoms with E-state index in [9.17, 15) is 4.79 Å². The fourth-order valence-corrected chi connectivity index (χ4v) is 1.68. The zero-order valence-corrected chi connectivity index (χ0v) is 11.8. The lowest BCUT2D eigenvalue weighted by atomic mass is 10.2. The van der Waals surface area contributed by atoms with Crippen molar-refractivity contribution in [3.8, 4) is 11.5 Å². The molecule has 2 aromatic rings. The van der Waals surface area contributed by atoms with Gasteiger partial charge in [0.25, 0.3) is 5.91 Å². The van der Waals surface area contributed by atoms with Crippen LogP contribution in [0.4, 0.5) is 0 Å². The molecule has 0 radical (unpaired) electrons. The predicted octanol–water partition coefficient (Wildman–Crippen LogP) is 0.928. The minimum Gasteiger partial charge on any atom is -0.497 e. The van der Waals surface area contributed by atoms with E-state index in [1.165, 1.54) is 18.6 Å². The summed E-state index contributed by atoms with van der Waals surface area (Å²) >= 11 is 0. The topological polar surface area (TPSA) is 85.4 Å². The number of hydrogen-bond donors (Lipinski definition) is 2. The van der Waals surface area contributed by atoms with E-state index in [1.54, 1.807) is 20.3 Å². The summed E-state index contributed by atoms with van der Waals surface area (Å²) in [4.78, 5) is 19.5. The molecule has 21 heavy (non-hydrogen) atoms. The second kappa shape index (κ2) is 7.20. The normalized spacial score (nSPS) is 10.0. The van der Waals surface area contributed by atoms with Crippen LogP contribution in [0.2, 0.25) is 0 Å². The van der Waals surface area contributed by atoms with Gasteiger partial charge in [0.1, 0.15) is 17.2 Å². The Balaban J connectivity index is 1.93. The van der Waals surface area contributed by atoms with E-state index >= 15 is 0 Å². The van der Waals surface area contributed by atoms with Gasteiger partial charge >= 0.3 is 0 Å². The van der Waals surface area contributed by atoms with Crippen molar-refractivity contribution in [2.24, 2.45) is 0 Å². The molecule has 7 nitrogen and oxygen atoms in total. The smallest absolute Gasteiger partial charge is 0.285 e. The summed E-state index contributed by atoms with van der Waals surface area (Å²) in [6.07, 6.45) is 4.36. The first kappa shape index (κ1) is 14.7. The number of nitrogens with one attached hydrogen (secondary N) is 2. The molecule has 1 aromatic carbocycles. The van der Waals surface area contributed by atoms with Crippen LogP contribution in [-0.2, 0) is 6.54 Å². The summed E-state index contributed by atoms with van der Waals surface area (Å²) in [6, 6.07) is 5.48. The maximum atomic E-state index is 11.8. The predicted molar refractivity (Wildman–Crippen MR) is 75.9 cm³/mol. The summed E-state index contributed by atoms with van der Waals surface area (Å²) in [7, 11) is 3.17. The van der Waals surface area contributed by atoms with Gasteiger partial charge in [-0.2, -0.15) is 0 Å². The molecule has 0 bridgehead atoms. The van der Waals surface area contributed by atoms with Crippen molar-refractivity contribution in [1.29, 1.82) is 0 Å². The number of carbonyl (C=O) groups excluding carboxylic acids is 1. The number of ether oxygens (including phenoxy) is 2. The molecule has 0 fully saturated rings. The van der Waals surface area contributed by atoms with Crippen molar-refractivity contribution >= 4 is 5.91 Å². The molecule has 0 saturated heterocycles. The molecular weight excluding hydrogens is 272 g/mol. The van der Waals surface area contributed by atoms with Gasteiger partial charge in [-0.25, -0.2) is 10.4 Å². The van der Waals surface area contributed by atoms with Crippen molar-refractivity contribution in [1.82, 2.24) is 20.8 Å². The number of amides is 1. The molecule has 1 heterocycles. The van der Waals surface area contributed by atoms with Gasteiger partial charge in [-0.1, -0.05) is 0 Å². The van der Waals surface area contributed by atoms with E-state index in [0.29, 0.717) is 18.0 Å². The fraction of sp³-hybridized carbons (Fsp3) is 0.214. The maximum Gasteiger partial charge on any atom is 0.285 e. The molecule has 0 aliphatic heterocycles. The summed E-state index contributed by atoms with van der Waals surface area (Å²) in [5, 5.41) is 0. The highest BCUT2D eigenvalue weighted by Gasteiger charge is 2.06. The molecule has 1 aromatic heterocycles. The summed E-state index contributed by atoms with van der Waals surface area (Å²) < 4.78 is 10.4. The van der Waals surface area contributed by atoms with Crippen molar-refractivity contribution in [2.75, 3.05) is 14.2 Å². The fourth-order valence-electron chi connectivity index (χ4n) is 1.68. The lowest BCUT2D eigenvalue weighted by Crippen LogP contribution is -2.37. The quantitative estimate of drug-likeness (QED) is 0.769. The molecular formula is C14H16N4O3. The molecule has 0 aliphatic rings. The Morgan fingerprint density at radius 2 is 1.86 bits per heavy atom. The number of aromatic nitrogens is 2. The zero-order chi connectivity index (χ0) is 15.1. The molecule has 0 spiro atoms. The van der Waals surface area contributed by atoms with E-state index in [1.807, 2.05) is 12.1 Å². The van der Waals surface area contributed by atoms with E-state index in [0.717, 1.165) is 5.56 Å². The highest BCUT2D eigenvalue weighted by Crippen LogP contribution is 2.22. The van der Waals surface area contributed by atoms with Crippen molar-refractivity contribution in [2.45, 2.75) is 6.54 Å². The van der Waals surface area contributed by atoms with Crippen LogP contribution in [0.1, 0.15) is 16.1 Å². The van der Waals surface area contributed by atoms with Crippen LogP contribution in [0.5, 0.6) is 11.5 Å². The molecule has 110 valence electrons. The molecule has 1 amide bonds. The van der Waals surface area contributed by atoms with Crippen molar-refractivity contribution in [3.63, 3.8) is 0 Å². The zero-order valence-electron chi connectivity index (χ0n) is 11.8. The Morgan fingerprint density at radius 1 is 1.14 bits per heavy atom. The van der Waals surface area contributed by atoms with E-state index in [2.05, 4.69) is 20.8 Å². The van der Waals surface area contributed by atoms with Gasteiger partial charge in [0.05, 0.1) is 20.4 Å². The summed E-state index contributed by atoms with van der Waals surface area (Å²) in [5.41, 5.74) is 6.53. The van der Waals surface area contributed by atoms with E-state index in [4.69, 9.17) is 9.47 Å². The minimum absolute atomic E-state index is 0.244. The van der Waals surface area contributed by atoms with Gasteiger partial charge in [0.2, 0.25) is 0 Å². The van der Waals surface area contributed by atoms with Gasteiger partial charge in [-0.05, 0) is 17.7 Å².